The molecule has 0 saturated carbocycles. The average molecular weight is 540 g/mol. The number of aliphatic hydroxyl groups is 1. The predicted molar refractivity (Wildman–Crippen MR) is 140 cm³/mol. The van der Waals surface area contributed by atoms with Gasteiger partial charge in [0.25, 0.3) is 0 Å². The van der Waals surface area contributed by atoms with Crippen molar-refractivity contribution in [1.82, 2.24) is 19.1 Å². The summed E-state index contributed by atoms with van der Waals surface area (Å²) in [6.07, 6.45) is 6.78. The zero-order valence-electron chi connectivity index (χ0n) is 21.1. The quantitative estimate of drug-likeness (QED) is 0.514. The Labute approximate surface area is 221 Å². The van der Waals surface area contributed by atoms with Crippen LogP contribution in [-0.4, -0.2) is 78.6 Å². The maximum absolute atomic E-state index is 13.8. The Balaban J connectivity index is 1.30. The van der Waals surface area contributed by atoms with Gasteiger partial charge in [-0.3, -0.25) is 0 Å². The highest BCUT2D eigenvalue weighted by atomic mass is 32.2. The third-order valence-corrected chi connectivity index (χ3v) is 9.69. The summed E-state index contributed by atoms with van der Waals surface area (Å²) in [6.45, 7) is 2.09. The normalized spacial score (nSPS) is 23.7. The van der Waals surface area contributed by atoms with Gasteiger partial charge in [0.15, 0.2) is 0 Å². The molecule has 3 aliphatic rings. The number of aromatic nitrogens is 3. The predicted octanol–water partition coefficient (Wildman–Crippen LogP) is 2.64. The number of aliphatic hydroxyl groups excluding tert-OH is 1. The Morgan fingerprint density at radius 1 is 1.21 bits per heavy atom. The summed E-state index contributed by atoms with van der Waals surface area (Å²) in [5.74, 6) is 0.252. The van der Waals surface area contributed by atoms with Gasteiger partial charge in [-0.1, -0.05) is 5.57 Å². The van der Waals surface area contributed by atoms with Crippen LogP contribution in [0.5, 0.6) is 0 Å². The number of halogens is 1. The maximum Gasteiger partial charge on any atom is 0.243 e. The number of nitrogens with zero attached hydrogens (tertiary/aromatic N) is 5. The van der Waals surface area contributed by atoms with E-state index in [-0.39, 0.29) is 17.3 Å². The van der Waals surface area contributed by atoms with E-state index in [9.17, 15) is 17.9 Å². The second-order valence-electron chi connectivity index (χ2n) is 10.3. The average Bonchev–Trinajstić information content (AvgIpc) is 3.53. The molecule has 38 heavy (non-hydrogen) atoms. The molecule has 0 bridgehead atoms. The fraction of sp³-hybridized carbons (Fsp3) is 0.407. The first-order valence-electron chi connectivity index (χ1n) is 12.7. The molecule has 2 atom stereocenters. The van der Waals surface area contributed by atoms with Crippen molar-refractivity contribution in [2.75, 3.05) is 44.8 Å². The van der Waals surface area contributed by atoms with Gasteiger partial charge in [-0.05, 0) is 61.2 Å². The Kier molecular flexibility index (Phi) is 6.34. The van der Waals surface area contributed by atoms with Crippen LogP contribution in [0.1, 0.15) is 24.1 Å². The molecule has 1 aromatic carbocycles. The van der Waals surface area contributed by atoms with Crippen LogP contribution in [0.2, 0.25) is 0 Å². The van der Waals surface area contributed by atoms with E-state index in [4.69, 9.17) is 4.74 Å². The molecule has 2 aliphatic heterocycles. The lowest BCUT2D eigenvalue weighted by Crippen LogP contribution is -2.51. The molecule has 11 heteroatoms. The highest BCUT2D eigenvalue weighted by Gasteiger charge is 2.46. The van der Waals surface area contributed by atoms with Crippen LogP contribution >= 0.6 is 0 Å². The lowest BCUT2D eigenvalue weighted by atomic mass is 9.69. The van der Waals surface area contributed by atoms with E-state index < -0.39 is 21.5 Å². The summed E-state index contributed by atoms with van der Waals surface area (Å²) in [5, 5.41) is 14.5. The zero-order valence-corrected chi connectivity index (χ0v) is 21.9. The third kappa shape index (κ3) is 4.33. The lowest BCUT2D eigenvalue weighted by molar-refractivity contribution is 0.0733. The molecule has 2 fully saturated rings. The van der Waals surface area contributed by atoms with Crippen LogP contribution in [0.4, 0.5) is 10.2 Å². The Hall–Kier alpha value is -3.12. The molecule has 0 amide bonds. The first-order valence-corrected chi connectivity index (χ1v) is 14.2. The van der Waals surface area contributed by atoms with Crippen LogP contribution in [0.25, 0.3) is 11.8 Å². The summed E-state index contributed by atoms with van der Waals surface area (Å²) in [6, 6.07) is 9.35. The molecule has 1 N–H and O–H groups in total. The molecule has 9 nitrogen and oxygen atoms in total. The largest absolute Gasteiger partial charge is 0.391 e. The number of β-amino-alcohol motifs (C(OH)–C–C–N with tert-alkyl or cyclic N) is 1. The number of pyridine rings is 1. The van der Waals surface area contributed by atoms with E-state index in [0.29, 0.717) is 51.3 Å². The van der Waals surface area contributed by atoms with Gasteiger partial charge in [0.1, 0.15) is 11.6 Å². The first kappa shape index (κ1) is 25.2. The Morgan fingerprint density at radius 2 is 2.03 bits per heavy atom. The van der Waals surface area contributed by atoms with Crippen LogP contribution in [0.3, 0.4) is 0 Å². The Bertz CT molecular complexity index is 1490. The van der Waals surface area contributed by atoms with E-state index in [1.165, 1.54) is 24.4 Å². The minimum Gasteiger partial charge on any atom is -0.391 e. The number of fused-ring (bicyclic) bond motifs is 2. The molecule has 1 aliphatic carbocycles. The number of sulfonamides is 1. The van der Waals surface area contributed by atoms with Gasteiger partial charge in [0.2, 0.25) is 10.0 Å². The smallest absolute Gasteiger partial charge is 0.243 e. The molecule has 200 valence electrons. The van der Waals surface area contributed by atoms with Crippen molar-refractivity contribution in [2.45, 2.75) is 30.3 Å². The van der Waals surface area contributed by atoms with Crippen molar-refractivity contribution in [3.63, 3.8) is 0 Å². The van der Waals surface area contributed by atoms with Crippen LogP contribution in [0, 0.1) is 11.2 Å². The molecule has 6 rings (SSSR count). The second kappa shape index (κ2) is 9.57. The first-order chi connectivity index (χ1) is 18.3. The highest BCUT2D eigenvalue weighted by Crippen LogP contribution is 2.45. The highest BCUT2D eigenvalue weighted by molar-refractivity contribution is 7.89. The monoisotopic (exact) mass is 539 g/mol. The number of rotatable bonds is 6. The molecule has 2 aromatic heterocycles. The molecule has 0 unspecified atom stereocenters. The number of ether oxygens (including phenoxy) is 1. The van der Waals surface area contributed by atoms with Crippen molar-refractivity contribution in [3.8, 4) is 5.69 Å². The number of anilines is 1. The lowest BCUT2D eigenvalue weighted by Gasteiger charge is -2.45. The maximum atomic E-state index is 13.8. The summed E-state index contributed by atoms with van der Waals surface area (Å²) in [5.41, 5.74) is 3.30. The molecular weight excluding hydrogens is 509 g/mol. The molecule has 4 heterocycles. The summed E-state index contributed by atoms with van der Waals surface area (Å²) in [7, 11) is -2.15. The summed E-state index contributed by atoms with van der Waals surface area (Å²) in [4.78, 5) is 6.46. The molecule has 3 aromatic rings. The van der Waals surface area contributed by atoms with Gasteiger partial charge < -0.3 is 14.7 Å². The SMILES string of the molecule is COC[C@]12Cc3cnn(-c4ccc(F)cc4)c3C=C1CCN(S(=O)(=O)c1ccnc(N3CC[C@H](O)C3)c1)C2. The van der Waals surface area contributed by atoms with E-state index in [1.807, 2.05) is 4.90 Å². The molecular formula is C27H30FN5O4S. The molecule has 0 spiro atoms. The van der Waals surface area contributed by atoms with E-state index in [2.05, 4.69) is 16.2 Å². The van der Waals surface area contributed by atoms with Crippen molar-refractivity contribution in [1.29, 1.82) is 0 Å². The van der Waals surface area contributed by atoms with Gasteiger partial charge in [0, 0.05) is 51.0 Å². The number of benzene rings is 1. The number of piperidine rings is 1. The van der Waals surface area contributed by atoms with Crippen molar-refractivity contribution >= 4 is 21.9 Å². The zero-order chi connectivity index (χ0) is 26.5. The topological polar surface area (TPSA) is 101 Å². The van der Waals surface area contributed by atoms with Crippen molar-refractivity contribution in [3.05, 3.63) is 71.4 Å². The number of hydrogen-bond acceptors (Lipinski definition) is 7. The van der Waals surface area contributed by atoms with Gasteiger partial charge in [-0.2, -0.15) is 9.40 Å². The van der Waals surface area contributed by atoms with E-state index in [1.54, 1.807) is 40.5 Å². The van der Waals surface area contributed by atoms with E-state index in [0.717, 1.165) is 22.5 Å². The number of methoxy groups -OCH3 is 1. The fourth-order valence-electron chi connectivity index (χ4n) is 5.93. The Morgan fingerprint density at radius 3 is 2.76 bits per heavy atom. The third-order valence-electron chi connectivity index (χ3n) is 7.85. The van der Waals surface area contributed by atoms with E-state index >= 15 is 0 Å². The van der Waals surface area contributed by atoms with Gasteiger partial charge >= 0.3 is 0 Å². The van der Waals surface area contributed by atoms with Crippen molar-refractivity contribution < 1.29 is 22.7 Å². The second-order valence-corrected chi connectivity index (χ2v) is 12.3. The standard InChI is InChI=1S/C27H30FN5O4S/c1-37-18-27-14-19-15-30-33(22-4-2-21(28)3-5-22)25(19)12-20(27)7-11-32(17-27)38(35,36)24-6-9-29-26(13-24)31-10-8-23(34)16-31/h2-6,9,12-13,15,23,34H,7-8,10-11,14,16-18H2,1H3/t23-,27+/m0/s1. The molecule has 2 saturated heterocycles. The van der Waals surface area contributed by atoms with Gasteiger partial charge in [-0.15, -0.1) is 0 Å². The summed E-state index contributed by atoms with van der Waals surface area (Å²) >= 11 is 0. The van der Waals surface area contributed by atoms with Crippen LogP contribution < -0.4 is 4.90 Å². The van der Waals surface area contributed by atoms with Crippen molar-refractivity contribution in [2.24, 2.45) is 5.41 Å². The van der Waals surface area contributed by atoms with Crippen LogP contribution in [-0.2, 0) is 21.2 Å². The summed E-state index contributed by atoms with van der Waals surface area (Å²) < 4.78 is 50.1. The van der Waals surface area contributed by atoms with Gasteiger partial charge in [0.05, 0.1) is 35.2 Å². The minimum atomic E-state index is -3.79. The fourth-order valence-corrected chi connectivity index (χ4v) is 7.46. The van der Waals surface area contributed by atoms with Crippen LogP contribution in [0.15, 0.2) is 59.3 Å². The number of hydrogen-bond donors (Lipinski definition) is 1. The minimum absolute atomic E-state index is 0.199. The molecule has 0 radical (unpaired) electrons. The van der Waals surface area contributed by atoms with Gasteiger partial charge in [-0.25, -0.2) is 22.5 Å².